The van der Waals surface area contributed by atoms with Gasteiger partial charge in [0.25, 0.3) is 0 Å². The monoisotopic (exact) mass is 245 g/mol. The highest BCUT2D eigenvalue weighted by Crippen LogP contribution is 2.17. The second kappa shape index (κ2) is 4.64. The van der Waals surface area contributed by atoms with E-state index in [-0.39, 0.29) is 5.43 Å². The number of rotatable bonds is 2. The van der Waals surface area contributed by atoms with Crippen molar-refractivity contribution >= 4 is 16.9 Å². The zero-order valence-corrected chi connectivity index (χ0v) is 10.7. The SMILES string of the molecule is CCc1c(C)[nH]c2c(C(=O)OC)cccc2c1=O. The Morgan fingerprint density at radius 2 is 2.11 bits per heavy atom. The van der Waals surface area contributed by atoms with Gasteiger partial charge in [0.05, 0.1) is 18.2 Å². The molecule has 0 unspecified atom stereocenters. The van der Waals surface area contributed by atoms with Crippen LogP contribution in [0.3, 0.4) is 0 Å². The average Bonchev–Trinajstić information content (AvgIpc) is 2.38. The predicted molar refractivity (Wildman–Crippen MR) is 70.0 cm³/mol. The van der Waals surface area contributed by atoms with E-state index in [2.05, 4.69) is 4.98 Å². The second-order valence-corrected chi connectivity index (χ2v) is 4.13. The number of esters is 1. The Bertz CT molecular complexity index is 671. The number of hydrogen-bond donors (Lipinski definition) is 1. The van der Waals surface area contributed by atoms with Crippen LogP contribution in [0.1, 0.15) is 28.5 Å². The standard InChI is InChI=1S/C14H15NO3/c1-4-9-8(2)15-12-10(13(9)16)6-5-7-11(12)14(17)18-3/h5-7H,4H2,1-3H3,(H,15,16). The van der Waals surface area contributed by atoms with E-state index in [0.29, 0.717) is 22.9 Å². The molecule has 0 atom stereocenters. The number of H-pyrrole nitrogens is 1. The Morgan fingerprint density at radius 3 is 2.72 bits per heavy atom. The summed E-state index contributed by atoms with van der Waals surface area (Å²) in [6, 6.07) is 5.06. The van der Waals surface area contributed by atoms with Crippen LogP contribution >= 0.6 is 0 Å². The van der Waals surface area contributed by atoms with Crippen LogP contribution in [0.5, 0.6) is 0 Å². The zero-order valence-electron chi connectivity index (χ0n) is 10.7. The minimum absolute atomic E-state index is 0.0190. The molecule has 1 aromatic carbocycles. The first kappa shape index (κ1) is 12.4. The molecule has 0 fully saturated rings. The van der Waals surface area contributed by atoms with E-state index in [1.807, 2.05) is 13.8 Å². The number of benzene rings is 1. The summed E-state index contributed by atoms with van der Waals surface area (Å²) in [5.74, 6) is -0.445. The quantitative estimate of drug-likeness (QED) is 0.825. The molecule has 0 aliphatic carbocycles. The number of pyridine rings is 1. The van der Waals surface area contributed by atoms with Crippen molar-refractivity contribution in [2.75, 3.05) is 7.11 Å². The molecule has 0 bridgehead atoms. The normalized spacial score (nSPS) is 10.6. The lowest BCUT2D eigenvalue weighted by atomic mass is 10.0. The molecular weight excluding hydrogens is 230 g/mol. The fourth-order valence-electron chi connectivity index (χ4n) is 2.18. The van der Waals surface area contributed by atoms with Gasteiger partial charge in [-0.25, -0.2) is 4.79 Å². The minimum Gasteiger partial charge on any atom is -0.465 e. The first-order chi connectivity index (χ1) is 8.60. The van der Waals surface area contributed by atoms with Crippen molar-refractivity contribution < 1.29 is 9.53 Å². The van der Waals surface area contributed by atoms with Crippen LogP contribution in [0.25, 0.3) is 10.9 Å². The minimum atomic E-state index is -0.445. The number of aromatic nitrogens is 1. The third kappa shape index (κ3) is 1.79. The van der Waals surface area contributed by atoms with Gasteiger partial charge in [-0.05, 0) is 25.5 Å². The molecule has 0 amide bonds. The number of nitrogens with one attached hydrogen (secondary N) is 1. The zero-order chi connectivity index (χ0) is 13.3. The maximum atomic E-state index is 12.3. The number of fused-ring (bicyclic) bond motifs is 1. The lowest BCUT2D eigenvalue weighted by Crippen LogP contribution is -2.14. The summed E-state index contributed by atoms with van der Waals surface area (Å²) in [6.07, 6.45) is 0.666. The highest BCUT2D eigenvalue weighted by Gasteiger charge is 2.14. The van der Waals surface area contributed by atoms with Crippen molar-refractivity contribution in [3.63, 3.8) is 0 Å². The second-order valence-electron chi connectivity index (χ2n) is 4.13. The van der Waals surface area contributed by atoms with E-state index in [4.69, 9.17) is 4.74 Å². The molecule has 4 nitrogen and oxygen atoms in total. The lowest BCUT2D eigenvalue weighted by Gasteiger charge is -2.09. The van der Waals surface area contributed by atoms with E-state index in [9.17, 15) is 9.59 Å². The van der Waals surface area contributed by atoms with E-state index in [1.54, 1.807) is 18.2 Å². The van der Waals surface area contributed by atoms with Crippen LogP contribution in [-0.2, 0) is 11.2 Å². The van der Waals surface area contributed by atoms with Crippen molar-refractivity contribution in [3.8, 4) is 0 Å². The molecule has 1 aromatic heterocycles. The largest absolute Gasteiger partial charge is 0.465 e. The van der Waals surface area contributed by atoms with Gasteiger partial charge in [0.15, 0.2) is 5.43 Å². The molecule has 4 heteroatoms. The molecule has 2 aromatic rings. The predicted octanol–water partition coefficient (Wildman–Crippen LogP) is 2.19. The number of aromatic amines is 1. The fraction of sp³-hybridized carbons (Fsp3) is 0.286. The molecule has 1 heterocycles. The van der Waals surface area contributed by atoms with Crippen LogP contribution in [0.15, 0.2) is 23.0 Å². The fourth-order valence-corrected chi connectivity index (χ4v) is 2.18. The smallest absolute Gasteiger partial charge is 0.339 e. The number of aryl methyl sites for hydroxylation is 1. The van der Waals surface area contributed by atoms with E-state index < -0.39 is 5.97 Å². The summed E-state index contributed by atoms with van der Waals surface area (Å²) in [6.45, 7) is 3.78. The maximum absolute atomic E-state index is 12.3. The maximum Gasteiger partial charge on any atom is 0.339 e. The third-order valence-corrected chi connectivity index (χ3v) is 3.11. The molecule has 0 saturated heterocycles. The van der Waals surface area contributed by atoms with Gasteiger partial charge in [-0.15, -0.1) is 0 Å². The van der Waals surface area contributed by atoms with E-state index in [1.165, 1.54) is 7.11 Å². The summed E-state index contributed by atoms with van der Waals surface area (Å²) in [5, 5.41) is 0.528. The lowest BCUT2D eigenvalue weighted by molar-refractivity contribution is 0.0603. The Morgan fingerprint density at radius 1 is 1.39 bits per heavy atom. The number of carbonyl (C=O) groups excluding carboxylic acids is 1. The van der Waals surface area contributed by atoms with Gasteiger partial charge < -0.3 is 9.72 Å². The summed E-state index contributed by atoms with van der Waals surface area (Å²) in [7, 11) is 1.33. The topological polar surface area (TPSA) is 59.2 Å². The van der Waals surface area contributed by atoms with Gasteiger partial charge in [0.2, 0.25) is 0 Å². The van der Waals surface area contributed by atoms with E-state index >= 15 is 0 Å². The first-order valence-electron chi connectivity index (χ1n) is 5.83. The molecule has 0 aliphatic rings. The van der Waals surface area contributed by atoms with Gasteiger partial charge in [-0.1, -0.05) is 13.0 Å². The molecule has 1 N–H and O–H groups in total. The molecule has 0 saturated carbocycles. The molecule has 0 aliphatic heterocycles. The summed E-state index contributed by atoms with van der Waals surface area (Å²) in [4.78, 5) is 27.1. The van der Waals surface area contributed by atoms with Crippen LogP contribution < -0.4 is 5.43 Å². The summed E-state index contributed by atoms with van der Waals surface area (Å²) < 4.78 is 4.72. The number of carbonyl (C=O) groups is 1. The van der Waals surface area contributed by atoms with Gasteiger partial charge >= 0.3 is 5.97 Å². The van der Waals surface area contributed by atoms with Crippen molar-refractivity contribution in [2.45, 2.75) is 20.3 Å². The van der Waals surface area contributed by atoms with Crippen molar-refractivity contribution in [2.24, 2.45) is 0 Å². The van der Waals surface area contributed by atoms with Gasteiger partial charge in [-0.2, -0.15) is 0 Å². The van der Waals surface area contributed by atoms with Gasteiger partial charge in [0, 0.05) is 16.6 Å². The number of methoxy groups -OCH3 is 1. The summed E-state index contributed by atoms with van der Waals surface area (Å²) in [5.41, 5.74) is 2.47. The number of ether oxygens (including phenoxy) is 1. The highest BCUT2D eigenvalue weighted by atomic mass is 16.5. The molecule has 2 rings (SSSR count). The summed E-state index contributed by atoms with van der Waals surface area (Å²) >= 11 is 0. The number of para-hydroxylation sites is 1. The Kier molecular flexibility index (Phi) is 3.19. The van der Waals surface area contributed by atoms with Crippen molar-refractivity contribution in [3.05, 3.63) is 45.2 Å². The van der Waals surface area contributed by atoms with Crippen molar-refractivity contribution in [1.29, 1.82) is 0 Å². The van der Waals surface area contributed by atoms with Gasteiger partial charge in [-0.3, -0.25) is 4.79 Å². The Balaban J connectivity index is 2.88. The Hall–Kier alpha value is -2.10. The molecule has 94 valence electrons. The molecular formula is C14H15NO3. The van der Waals surface area contributed by atoms with Crippen molar-refractivity contribution in [1.82, 2.24) is 4.98 Å². The molecule has 0 radical (unpaired) electrons. The van der Waals surface area contributed by atoms with E-state index in [0.717, 1.165) is 11.3 Å². The molecule has 0 spiro atoms. The average molecular weight is 245 g/mol. The van der Waals surface area contributed by atoms with Crippen LogP contribution in [0.2, 0.25) is 0 Å². The van der Waals surface area contributed by atoms with Crippen LogP contribution in [0.4, 0.5) is 0 Å². The molecule has 18 heavy (non-hydrogen) atoms. The van der Waals surface area contributed by atoms with Crippen LogP contribution in [-0.4, -0.2) is 18.1 Å². The highest BCUT2D eigenvalue weighted by molar-refractivity contribution is 6.02. The number of hydrogen-bond acceptors (Lipinski definition) is 3. The van der Waals surface area contributed by atoms with Gasteiger partial charge in [0.1, 0.15) is 0 Å². The Labute approximate surface area is 105 Å². The third-order valence-electron chi connectivity index (χ3n) is 3.11. The first-order valence-corrected chi connectivity index (χ1v) is 5.83. The van der Waals surface area contributed by atoms with Crippen LogP contribution in [0, 0.1) is 6.92 Å².